The summed E-state index contributed by atoms with van der Waals surface area (Å²) in [4.78, 5) is 12.7. The van der Waals surface area contributed by atoms with Crippen LogP contribution < -0.4 is 10.6 Å². The van der Waals surface area contributed by atoms with Crippen molar-refractivity contribution in [2.75, 3.05) is 0 Å². The van der Waals surface area contributed by atoms with Gasteiger partial charge in [0.15, 0.2) is 0 Å². The molecule has 1 aromatic carbocycles. The maximum absolute atomic E-state index is 12.7. The van der Waals surface area contributed by atoms with Gasteiger partial charge in [0, 0.05) is 6.04 Å². The second kappa shape index (κ2) is 5.79. The van der Waals surface area contributed by atoms with Gasteiger partial charge in [-0.25, -0.2) is 4.79 Å². The van der Waals surface area contributed by atoms with Gasteiger partial charge in [0.05, 0.1) is 6.04 Å². The van der Waals surface area contributed by atoms with E-state index in [9.17, 15) is 4.79 Å². The van der Waals surface area contributed by atoms with Crippen LogP contribution in [-0.2, 0) is 6.42 Å². The van der Waals surface area contributed by atoms with E-state index >= 15 is 0 Å². The molecular formula is C21H28N2O. The van der Waals surface area contributed by atoms with E-state index in [2.05, 4.69) is 34.9 Å². The number of hydrogen-bond donors (Lipinski definition) is 2. The van der Waals surface area contributed by atoms with Gasteiger partial charge in [0.25, 0.3) is 0 Å². The Hall–Kier alpha value is -1.51. The Kier molecular flexibility index (Phi) is 3.57. The van der Waals surface area contributed by atoms with E-state index < -0.39 is 0 Å². The standard InChI is InChI=1S/C21H28N2O/c24-21(22-19-7-3-5-15-4-1-2-6-18(15)19)23-20-16-9-13-8-14(11-16)12-17(20)10-13/h1-2,4,6,13-14,16-17,19-20H,3,5,7-12H2,(H2,22,23,24). The van der Waals surface area contributed by atoms with Gasteiger partial charge in [0.2, 0.25) is 0 Å². The minimum Gasteiger partial charge on any atom is -0.335 e. The third kappa shape index (κ3) is 2.53. The summed E-state index contributed by atoms with van der Waals surface area (Å²) in [5.74, 6) is 3.40. The second-order valence-electron chi connectivity index (χ2n) is 8.72. The Morgan fingerprint density at radius 2 is 1.62 bits per heavy atom. The van der Waals surface area contributed by atoms with Crippen LogP contribution in [0.25, 0.3) is 0 Å². The first kappa shape index (κ1) is 14.8. The van der Waals surface area contributed by atoms with E-state index in [4.69, 9.17) is 0 Å². The number of fused-ring (bicyclic) bond motifs is 1. The molecule has 4 bridgehead atoms. The van der Waals surface area contributed by atoms with E-state index in [1.165, 1.54) is 49.7 Å². The summed E-state index contributed by atoms with van der Waals surface area (Å²) in [6.45, 7) is 0. The lowest BCUT2D eigenvalue weighted by Crippen LogP contribution is -2.57. The van der Waals surface area contributed by atoms with Crippen molar-refractivity contribution in [1.29, 1.82) is 0 Å². The van der Waals surface area contributed by atoms with Crippen LogP contribution in [0, 0.1) is 23.7 Å². The molecule has 0 radical (unpaired) electrons. The van der Waals surface area contributed by atoms with E-state index in [-0.39, 0.29) is 12.1 Å². The van der Waals surface area contributed by atoms with Crippen LogP contribution in [0.1, 0.15) is 62.1 Å². The summed E-state index contributed by atoms with van der Waals surface area (Å²) in [6.07, 6.45) is 10.2. The van der Waals surface area contributed by atoms with Crippen LogP contribution in [-0.4, -0.2) is 12.1 Å². The minimum absolute atomic E-state index is 0.0641. The highest BCUT2D eigenvalue weighted by Gasteiger charge is 2.48. The number of carbonyl (C=O) groups is 1. The van der Waals surface area contributed by atoms with Crippen LogP contribution in [0.2, 0.25) is 0 Å². The summed E-state index contributed by atoms with van der Waals surface area (Å²) >= 11 is 0. The molecule has 0 aromatic heterocycles. The van der Waals surface area contributed by atoms with Crippen molar-refractivity contribution in [2.45, 2.75) is 63.5 Å². The van der Waals surface area contributed by atoms with Crippen molar-refractivity contribution in [3.8, 4) is 0 Å². The van der Waals surface area contributed by atoms with E-state index in [0.717, 1.165) is 36.5 Å². The number of amides is 2. The van der Waals surface area contributed by atoms with Crippen molar-refractivity contribution in [3.05, 3.63) is 35.4 Å². The molecule has 4 saturated carbocycles. The predicted octanol–water partition coefficient (Wildman–Crippen LogP) is 4.19. The van der Waals surface area contributed by atoms with Crippen LogP contribution >= 0.6 is 0 Å². The maximum atomic E-state index is 12.7. The molecule has 4 fully saturated rings. The fourth-order valence-electron chi connectivity index (χ4n) is 6.42. The Bertz CT molecular complexity index is 612. The van der Waals surface area contributed by atoms with Crippen LogP contribution in [0.15, 0.2) is 24.3 Å². The molecule has 1 atom stereocenters. The molecule has 3 nitrogen and oxygen atoms in total. The molecule has 5 aliphatic carbocycles. The predicted molar refractivity (Wildman–Crippen MR) is 94.6 cm³/mol. The summed E-state index contributed by atoms with van der Waals surface area (Å²) in [7, 11) is 0. The lowest BCUT2D eigenvalue weighted by molar-refractivity contribution is -0.00954. The van der Waals surface area contributed by atoms with Crippen molar-refractivity contribution in [2.24, 2.45) is 23.7 Å². The largest absolute Gasteiger partial charge is 0.335 e. The molecule has 0 saturated heterocycles. The van der Waals surface area contributed by atoms with Gasteiger partial charge in [-0.05, 0) is 86.2 Å². The zero-order valence-electron chi connectivity index (χ0n) is 14.3. The van der Waals surface area contributed by atoms with Gasteiger partial charge in [-0.3, -0.25) is 0 Å². The van der Waals surface area contributed by atoms with E-state index in [1.807, 2.05) is 0 Å². The molecule has 0 heterocycles. The number of aryl methyl sites for hydroxylation is 1. The van der Waals surface area contributed by atoms with Crippen molar-refractivity contribution >= 4 is 6.03 Å². The lowest BCUT2D eigenvalue weighted by Gasteiger charge is -2.54. The summed E-state index contributed by atoms with van der Waals surface area (Å²) in [6, 6.07) is 9.27. The molecule has 1 unspecified atom stereocenters. The van der Waals surface area contributed by atoms with E-state index in [1.54, 1.807) is 0 Å². The average molecular weight is 324 g/mol. The first-order valence-corrected chi connectivity index (χ1v) is 9.91. The third-order valence-corrected chi connectivity index (χ3v) is 7.20. The molecule has 2 N–H and O–H groups in total. The van der Waals surface area contributed by atoms with Crippen LogP contribution in [0.4, 0.5) is 4.79 Å². The van der Waals surface area contributed by atoms with Crippen LogP contribution in [0.3, 0.4) is 0 Å². The highest BCUT2D eigenvalue weighted by Crippen LogP contribution is 2.53. The Morgan fingerprint density at radius 3 is 2.38 bits per heavy atom. The van der Waals surface area contributed by atoms with Gasteiger partial charge in [0.1, 0.15) is 0 Å². The molecule has 24 heavy (non-hydrogen) atoms. The number of urea groups is 1. The zero-order valence-corrected chi connectivity index (χ0v) is 14.3. The number of carbonyl (C=O) groups excluding carboxylic acids is 1. The van der Waals surface area contributed by atoms with Gasteiger partial charge in [-0.1, -0.05) is 24.3 Å². The summed E-state index contributed by atoms with van der Waals surface area (Å²) in [5, 5.41) is 6.67. The number of nitrogens with one attached hydrogen (secondary N) is 2. The molecule has 5 aliphatic rings. The normalized spacial score (nSPS) is 39.3. The van der Waals surface area contributed by atoms with Gasteiger partial charge < -0.3 is 10.6 Å². The third-order valence-electron chi connectivity index (χ3n) is 7.20. The number of rotatable bonds is 2. The first-order chi connectivity index (χ1) is 11.8. The highest BCUT2D eigenvalue weighted by molar-refractivity contribution is 5.75. The molecule has 6 rings (SSSR count). The molecule has 0 aliphatic heterocycles. The van der Waals surface area contributed by atoms with E-state index in [0.29, 0.717) is 6.04 Å². The van der Waals surface area contributed by atoms with Gasteiger partial charge in [-0.15, -0.1) is 0 Å². The molecule has 2 amide bonds. The fraction of sp³-hybridized carbons (Fsp3) is 0.667. The summed E-state index contributed by atoms with van der Waals surface area (Å²) < 4.78 is 0. The highest BCUT2D eigenvalue weighted by atomic mass is 16.2. The topological polar surface area (TPSA) is 41.1 Å². The van der Waals surface area contributed by atoms with Crippen molar-refractivity contribution in [3.63, 3.8) is 0 Å². The maximum Gasteiger partial charge on any atom is 0.315 e. The fourth-order valence-corrected chi connectivity index (χ4v) is 6.42. The van der Waals surface area contributed by atoms with Gasteiger partial charge in [-0.2, -0.15) is 0 Å². The molecule has 128 valence electrons. The minimum atomic E-state index is 0.0641. The number of hydrogen-bond acceptors (Lipinski definition) is 1. The quantitative estimate of drug-likeness (QED) is 0.841. The van der Waals surface area contributed by atoms with Crippen molar-refractivity contribution < 1.29 is 4.79 Å². The Labute approximate surface area is 144 Å². The SMILES string of the molecule is O=C(NC1CCCc2ccccc21)NC1C2CC3CC(C2)CC1C3. The number of benzene rings is 1. The van der Waals surface area contributed by atoms with Crippen LogP contribution in [0.5, 0.6) is 0 Å². The molecule has 3 heteroatoms. The van der Waals surface area contributed by atoms with Gasteiger partial charge >= 0.3 is 6.03 Å². The first-order valence-electron chi connectivity index (χ1n) is 9.91. The smallest absolute Gasteiger partial charge is 0.315 e. The summed E-state index contributed by atoms with van der Waals surface area (Å²) in [5.41, 5.74) is 2.73. The Morgan fingerprint density at radius 1 is 0.917 bits per heavy atom. The monoisotopic (exact) mass is 324 g/mol. The Balaban J connectivity index is 1.26. The lowest BCUT2D eigenvalue weighted by atomic mass is 9.54. The molecular weight excluding hydrogens is 296 g/mol. The van der Waals surface area contributed by atoms with Crippen molar-refractivity contribution in [1.82, 2.24) is 10.6 Å². The zero-order chi connectivity index (χ0) is 16.1. The molecule has 0 spiro atoms. The second-order valence-corrected chi connectivity index (χ2v) is 8.72. The average Bonchev–Trinajstić information content (AvgIpc) is 2.58. The molecule has 1 aromatic rings.